The molecule has 1 aromatic carbocycles. The Balaban J connectivity index is 3.21. The second-order valence-corrected chi connectivity index (χ2v) is 2.73. The molecule has 0 spiro atoms. The lowest BCUT2D eigenvalue weighted by atomic mass is 10.1. The molecule has 3 heteroatoms. The van der Waals surface area contributed by atoms with Crippen molar-refractivity contribution in [3.63, 3.8) is 0 Å². The fourth-order valence-electron chi connectivity index (χ4n) is 0.884. The van der Waals surface area contributed by atoms with Gasteiger partial charge in [0.25, 0.3) is 0 Å². The Bertz CT molecular complexity index is 273. The van der Waals surface area contributed by atoms with Crippen molar-refractivity contribution in [2.45, 2.75) is 13.3 Å². The van der Waals surface area contributed by atoms with Crippen LogP contribution in [0, 0.1) is 5.82 Å². The van der Waals surface area contributed by atoms with Gasteiger partial charge in [-0.25, -0.2) is 4.39 Å². The molecule has 0 radical (unpaired) electrons. The molecule has 0 fully saturated rings. The van der Waals surface area contributed by atoms with Gasteiger partial charge >= 0.3 is 0 Å². The Morgan fingerprint density at radius 2 is 2.18 bits per heavy atom. The normalized spacial score (nSPS) is 10.1. The molecule has 2 N–H and O–H groups in total. The predicted molar refractivity (Wildman–Crippen MR) is 45.2 cm³/mol. The second-order valence-electron chi connectivity index (χ2n) is 2.32. The largest absolute Gasteiger partial charge is 0.396 e. The lowest BCUT2D eigenvalue weighted by Crippen LogP contribution is -1.93. The number of halogens is 2. The first-order valence-corrected chi connectivity index (χ1v) is 3.76. The maximum absolute atomic E-state index is 12.7. The Labute approximate surface area is 70.0 Å². The summed E-state index contributed by atoms with van der Waals surface area (Å²) in [4.78, 5) is 0. The summed E-state index contributed by atoms with van der Waals surface area (Å²) in [6.45, 7) is 1.94. The molecule has 0 heterocycles. The predicted octanol–water partition coefficient (Wildman–Crippen LogP) is 2.62. The summed E-state index contributed by atoms with van der Waals surface area (Å²) in [5, 5.41) is 0.444. The number of nitrogens with two attached hydrogens (primary N) is 1. The average molecular weight is 174 g/mol. The quantitative estimate of drug-likeness (QED) is 0.650. The number of anilines is 1. The summed E-state index contributed by atoms with van der Waals surface area (Å²) in [6, 6.07) is 2.81. The van der Waals surface area contributed by atoms with Crippen LogP contribution in [0.3, 0.4) is 0 Å². The van der Waals surface area contributed by atoms with E-state index in [1.165, 1.54) is 6.07 Å². The monoisotopic (exact) mass is 173 g/mol. The SMILES string of the molecule is CCc1cc(N)c(F)cc1Cl. The summed E-state index contributed by atoms with van der Waals surface area (Å²) in [5.41, 5.74) is 6.37. The van der Waals surface area contributed by atoms with Crippen LogP contribution in [0.25, 0.3) is 0 Å². The lowest BCUT2D eigenvalue weighted by molar-refractivity contribution is 0.632. The van der Waals surface area contributed by atoms with Crippen LogP contribution in [0.15, 0.2) is 12.1 Å². The molecule has 1 nitrogen and oxygen atoms in total. The third kappa shape index (κ3) is 1.63. The minimum absolute atomic E-state index is 0.159. The average Bonchev–Trinajstić information content (AvgIpc) is 1.97. The van der Waals surface area contributed by atoms with Crippen LogP contribution in [0.4, 0.5) is 10.1 Å². The van der Waals surface area contributed by atoms with Crippen LogP contribution in [0.5, 0.6) is 0 Å². The van der Waals surface area contributed by atoms with E-state index in [0.29, 0.717) is 5.02 Å². The zero-order valence-electron chi connectivity index (χ0n) is 6.20. The molecule has 0 aliphatic rings. The molecule has 0 bridgehead atoms. The van der Waals surface area contributed by atoms with Gasteiger partial charge in [0.2, 0.25) is 0 Å². The van der Waals surface area contributed by atoms with Gasteiger partial charge < -0.3 is 5.73 Å². The standard InChI is InChI=1S/C8H9ClFN/c1-2-5-3-8(11)7(10)4-6(5)9/h3-4H,2,11H2,1H3. The number of hydrogen-bond acceptors (Lipinski definition) is 1. The highest BCUT2D eigenvalue weighted by molar-refractivity contribution is 6.31. The minimum Gasteiger partial charge on any atom is -0.396 e. The zero-order valence-corrected chi connectivity index (χ0v) is 6.95. The van der Waals surface area contributed by atoms with Gasteiger partial charge in [-0.3, -0.25) is 0 Å². The van der Waals surface area contributed by atoms with E-state index in [0.717, 1.165) is 12.0 Å². The van der Waals surface area contributed by atoms with E-state index in [4.69, 9.17) is 17.3 Å². The molecule has 0 saturated heterocycles. The van der Waals surface area contributed by atoms with E-state index in [2.05, 4.69) is 0 Å². The number of rotatable bonds is 1. The van der Waals surface area contributed by atoms with E-state index in [9.17, 15) is 4.39 Å². The first kappa shape index (κ1) is 8.34. The van der Waals surface area contributed by atoms with E-state index >= 15 is 0 Å². The van der Waals surface area contributed by atoms with Crippen LogP contribution in [0.2, 0.25) is 5.02 Å². The van der Waals surface area contributed by atoms with Crippen molar-refractivity contribution in [1.29, 1.82) is 0 Å². The molecular formula is C8H9ClFN. The molecule has 0 amide bonds. The molecule has 11 heavy (non-hydrogen) atoms. The fourth-order valence-corrected chi connectivity index (χ4v) is 1.17. The van der Waals surface area contributed by atoms with Crippen molar-refractivity contribution in [2.75, 3.05) is 5.73 Å². The van der Waals surface area contributed by atoms with Gasteiger partial charge in [-0.2, -0.15) is 0 Å². The van der Waals surface area contributed by atoms with Gasteiger partial charge in [0.05, 0.1) is 5.69 Å². The zero-order chi connectivity index (χ0) is 8.43. The fraction of sp³-hybridized carbons (Fsp3) is 0.250. The first-order chi connectivity index (χ1) is 5.15. The summed E-state index contributed by atoms with van der Waals surface area (Å²) >= 11 is 5.71. The van der Waals surface area contributed by atoms with Gasteiger partial charge in [0.15, 0.2) is 0 Å². The summed E-state index contributed by atoms with van der Waals surface area (Å²) in [6.07, 6.45) is 0.767. The number of aryl methyl sites for hydroxylation is 1. The Kier molecular flexibility index (Phi) is 2.35. The molecule has 1 rings (SSSR count). The Hall–Kier alpha value is -0.760. The topological polar surface area (TPSA) is 26.0 Å². The van der Waals surface area contributed by atoms with E-state index in [1.54, 1.807) is 6.07 Å². The summed E-state index contributed by atoms with van der Waals surface area (Å²) in [5.74, 6) is -0.452. The molecule has 0 atom stereocenters. The van der Waals surface area contributed by atoms with Gasteiger partial charge in [-0.1, -0.05) is 18.5 Å². The van der Waals surface area contributed by atoms with Gasteiger partial charge in [-0.05, 0) is 24.1 Å². The third-order valence-electron chi connectivity index (χ3n) is 1.55. The van der Waals surface area contributed by atoms with Crippen molar-refractivity contribution in [3.05, 3.63) is 28.5 Å². The van der Waals surface area contributed by atoms with Crippen LogP contribution in [0.1, 0.15) is 12.5 Å². The maximum Gasteiger partial charge on any atom is 0.147 e. The van der Waals surface area contributed by atoms with Crippen LogP contribution in [-0.4, -0.2) is 0 Å². The molecule has 0 saturated carbocycles. The third-order valence-corrected chi connectivity index (χ3v) is 1.90. The molecular weight excluding hydrogens is 165 g/mol. The van der Waals surface area contributed by atoms with E-state index in [1.807, 2.05) is 6.92 Å². The van der Waals surface area contributed by atoms with E-state index < -0.39 is 5.82 Å². The van der Waals surface area contributed by atoms with Crippen molar-refractivity contribution < 1.29 is 4.39 Å². The van der Waals surface area contributed by atoms with E-state index in [-0.39, 0.29) is 5.69 Å². The van der Waals surface area contributed by atoms with Gasteiger partial charge in [0.1, 0.15) is 5.82 Å². The molecule has 60 valence electrons. The van der Waals surface area contributed by atoms with Crippen molar-refractivity contribution in [1.82, 2.24) is 0 Å². The highest BCUT2D eigenvalue weighted by Crippen LogP contribution is 2.22. The number of hydrogen-bond donors (Lipinski definition) is 1. The van der Waals surface area contributed by atoms with Crippen LogP contribution >= 0.6 is 11.6 Å². The van der Waals surface area contributed by atoms with Crippen LogP contribution < -0.4 is 5.73 Å². The molecule has 0 aromatic heterocycles. The molecule has 1 aromatic rings. The highest BCUT2D eigenvalue weighted by atomic mass is 35.5. The van der Waals surface area contributed by atoms with Crippen LogP contribution in [-0.2, 0) is 6.42 Å². The Morgan fingerprint density at radius 1 is 1.55 bits per heavy atom. The molecule has 0 aliphatic heterocycles. The maximum atomic E-state index is 12.7. The Morgan fingerprint density at radius 3 is 2.73 bits per heavy atom. The molecule has 0 unspecified atom stereocenters. The first-order valence-electron chi connectivity index (χ1n) is 3.38. The van der Waals surface area contributed by atoms with Crippen molar-refractivity contribution >= 4 is 17.3 Å². The molecule has 0 aliphatic carbocycles. The highest BCUT2D eigenvalue weighted by Gasteiger charge is 2.03. The van der Waals surface area contributed by atoms with Crippen molar-refractivity contribution in [3.8, 4) is 0 Å². The summed E-state index contributed by atoms with van der Waals surface area (Å²) < 4.78 is 12.7. The smallest absolute Gasteiger partial charge is 0.147 e. The number of benzene rings is 1. The van der Waals surface area contributed by atoms with Crippen molar-refractivity contribution in [2.24, 2.45) is 0 Å². The lowest BCUT2D eigenvalue weighted by Gasteiger charge is -2.02. The van der Waals surface area contributed by atoms with Gasteiger partial charge in [-0.15, -0.1) is 0 Å². The number of nitrogen functional groups attached to an aromatic ring is 1. The second kappa shape index (κ2) is 3.09. The summed E-state index contributed by atoms with van der Waals surface area (Å²) in [7, 11) is 0. The van der Waals surface area contributed by atoms with Gasteiger partial charge in [0, 0.05) is 5.02 Å². The minimum atomic E-state index is -0.452.